The van der Waals surface area contributed by atoms with Crippen molar-refractivity contribution in [2.45, 2.75) is 13.3 Å². The van der Waals surface area contributed by atoms with Crippen LogP contribution >= 0.6 is 0 Å². The van der Waals surface area contributed by atoms with Crippen LogP contribution < -0.4 is 5.73 Å². The molecule has 0 saturated carbocycles. The molecule has 1 aromatic rings. The summed E-state index contributed by atoms with van der Waals surface area (Å²) < 4.78 is 0. The molecule has 1 atom stereocenters. The molecular formula is C14H12N4. The normalized spacial score (nSPS) is 10.6. The Kier molecular flexibility index (Phi) is 4.50. The summed E-state index contributed by atoms with van der Waals surface area (Å²) in [7, 11) is 0. The summed E-state index contributed by atoms with van der Waals surface area (Å²) in [4.78, 5) is 0. The maximum Gasteiger partial charge on any atom is 0.149 e. The lowest BCUT2D eigenvalue weighted by atomic mass is 9.95. The third-order valence-electron chi connectivity index (χ3n) is 2.60. The third kappa shape index (κ3) is 3.11. The minimum absolute atomic E-state index is 0.0445. The molecule has 1 rings (SSSR count). The van der Waals surface area contributed by atoms with Gasteiger partial charge in [-0.15, -0.1) is 0 Å². The molecular weight excluding hydrogens is 224 g/mol. The highest BCUT2D eigenvalue weighted by atomic mass is 14.6. The van der Waals surface area contributed by atoms with E-state index < -0.39 is 5.92 Å². The topological polar surface area (TPSA) is 97.4 Å². The molecule has 2 N–H and O–H groups in total. The maximum absolute atomic E-state index is 9.07. The Morgan fingerprint density at radius 2 is 1.72 bits per heavy atom. The number of nitrogens with zero attached hydrogens (tertiary/aromatic N) is 3. The zero-order chi connectivity index (χ0) is 13.5. The monoisotopic (exact) mass is 236 g/mol. The lowest BCUT2D eigenvalue weighted by molar-refractivity contribution is 0.753. The van der Waals surface area contributed by atoms with Crippen LogP contribution in [0.15, 0.2) is 35.5 Å². The van der Waals surface area contributed by atoms with Crippen molar-refractivity contribution in [3.8, 4) is 18.2 Å². The van der Waals surface area contributed by atoms with Crippen LogP contribution in [0.2, 0.25) is 0 Å². The number of nitriles is 3. The predicted octanol–water partition coefficient (Wildman–Crippen LogP) is 1.94. The summed E-state index contributed by atoms with van der Waals surface area (Å²) in [5.41, 5.74) is 7.62. The molecule has 0 heterocycles. The number of aryl methyl sites for hydroxylation is 1. The van der Waals surface area contributed by atoms with Gasteiger partial charge in [-0.2, -0.15) is 15.8 Å². The average Bonchev–Trinajstić information content (AvgIpc) is 2.39. The van der Waals surface area contributed by atoms with Crippen molar-refractivity contribution in [1.29, 1.82) is 15.8 Å². The summed E-state index contributed by atoms with van der Waals surface area (Å²) in [5, 5.41) is 26.5. The van der Waals surface area contributed by atoms with Crippen LogP contribution in [0.4, 0.5) is 0 Å². The third-order valence-corrected chi connectivity index (χ3v) is 2.60. The fourth-order valence-electron chi connectivity index (χ4n) is 1.51. The lowest BCUT2D eigenvalue weighted by Gasteiger charge is -2.09. The minimum atomic E-state index is -0.651. The molecule has 4 heteroatoms. The highest BCUT2D eigenvalue weighted by molar-refractivity contribution is 5.41. The van der Waals surface area contributed by atoms with Crippen molar-refractivity contribution in [2.75, 3.05) is 0 Å². The molecule has 0 unspecified atom stereocenters. The first-order valence-corrected chi connectivity index (χ1v) is 5.37. The molecule has 0 amide bonds. The number of allylic oxidation sites excluding steroid dienone is 2. The molecule has 0 spiro atoms. The number of hydrogen-bond donors (Lipinski definition) is 1. The van der Waals surface area contributed by atoms with E-state index in [1.54, 1.807) is 12.1 Å². The number of hydrogen-bond acceptors (Lipinski definition) is 4. The Morgan fingerprint density at radius 3 is 2.17 bits per heavy atom. The Bertz CT molecular complexity index is 560. The van der Waals surface area contributed by atoms with Gasteiger partial charge in [0.25, 0.3) is 0 Å². The van der Waals surface area contributed by atoms with E-state index in [1.807, 2.05) is 37.3 Å². The zero-order valence-corrected chi connectivity index (χ0v) is 10.0. The smallest absolute Gasteiger partial charge is 0.149 e. The van der Waals surface area contributed by atoms with Crippen LogP contribution in [0.5, 0.6) is 0 Å². The van der Waals surface area contributed by atoms with Gasteiger partial charge in [0.15, 0.2) is 0 Å². The zero-order valence-electron chi connectivity index (χ0n) is 10.0. The molecule has 0 aromatic heterocycles. The summed E-state index contributed by atoms with van der Waals surface area (Å²) in [5.74, 6) is -0.651. The van der Waals surface area contributed by atoms with Gasteiger partial charge in [0, 0.05) is 0 Å². The van der Waals surface area contributed by atoms with E-state index in [9.17, 15) is 0 Å². The van der Waals surface area contributed by atoms with E-state index in [4.69, 9.17) is 21.5 Å². The molecule has 88 valence electrons. The first-order chi connectivity index (χ1) is 8.62. The van der Waals surface area contributed by atoms with E-state index in [0.29, 0.717) is 6.42 Å². The molecule has 0 saturated heterocycles. The largest absolute Gasteiger partial charge is 0.399 e. The molecule has 18 heavy (non-hydrogen) atoms. The van der Waals surface area contributed by atoms with Crippen molar-refractivity contribution in [3.63, 3.8) is 0 Å². The van der Waals surface area contributed by atoms with E-state index in [2.05, 4.69) is 0 Å². The second-order valence-electron chi connectivity index (χ2n) is 3.93. The first-order valence-electron chi connectivity index (χ1n) is 5.37. The fourth-order valence-corrected chi connectivity index (χ4v) is 1.51. The Labute approximate surface area is 106 Å². The maximum atomic E-state index is 9.07. The molecule has 0 aliphatic rings. The van der Waals surface area contributed by atoms with Crippen molar-refractivity contribution in [3.05, 3.63) is 46.7 Å². The SMILES string of the molecule is Cc1ccc(C[C@H](C#N)C(N)=C(C#N)C#N)cc1. The van der Waals surface area contributed by atoms with Gasteiger partial charge >= 0.3 is 0 Å². The van der Waals surface area contributed by atoms with Gasteiger partial charge < -0.3 is 5.73 Å². The summed E-state index contributed by atoms with van der Waals surface area (Å²) in [6.45, 7) is 1.98. The Balaban J connectivity index is 2.98. The summed E-state index contributed by atoms with van der Waals surface area (Å²) >= 11 is 0. The van der Waals surface area contributed by atoms with Crippen LogP contribution in [-0.2, 0) is 6.42 Å². The Morgan fingerprint density at radius 1 is 1.17 bits per heavy atom. The molecule has 0 radical (unpaired) electrons. The molecule has 0 bridgehead atoms. The number of rotatable bonds is 3. The van der Waals surface area contributed by atoms with Gasteiger partial charge in [0.2, 0.25) is 0 Å². The van der Waals surface area contributed by atoms with Crippen LogP contribution in [0.25, 0.3) is 0 Å². The van der Waals surface area contributed by atoms with E-state index >= 15 is 0 Å². The lowest BCUT2D eigenvalue weighted by Crippen LogP contribution is -2.15. The highest BCUT2D eigenvalue weighted by Gasteiger charge is 2.16. The van der Waals surface area contributed by atoms with Crippen molar-refractivity contribution in [1.82, 2.24) is 0 Å². The predicted molar refractivity (Wildman–Crippen MR) is 66.4 cm³/mol. The Hall–Kier alpha value is -2.77. The van der Waals surface area contributed by atoms with Crippen LogP contribution in [0, 0.1) is 46.8 Å². The molecule has 0 fully saturated rings. The van der Waals surface area contributed by atoms with Crippen molar-refractivity contribution < 1.29 is 0 Å². The highest BCUT2D eigenvalue weighted by Crippen LogP contribution is 2.16. The standard InChI is InChI=1S/C14H12N4/c1-10-2-4-11(5-3-10)6-12(7-15)14(18)13(8-16)9-17/h2-5,12H,6,18H2,1H3/t12-/m1/s1. The van der Waals surface area contributed by atoms with Gasteiger partial charge in [-0.1, -0.05) is 29.8 Å². The minimum Gasteiger partial charge on any atom is -0.399 e. The first kappa shape index (κ1) is 13.3. The van der Waals surface area contributed by atoms with Crippen LogP contribution in [0.1, 0.15) is 11.1 Å². The van der Waals surface area contributed by atoms with Crippen LogP contribution in [0.3, 0.4) is 0 Å². The molecule has 1 aromatic carbocycles. The number of nitrogens with two attached hydrogens (primary N) is 1. The quantitative estimate of drug-likeness (QED) is 0.811. The van der Waals surface area contributed by atoms with Gasteiger partial charge in [0.05, 0.1) is 17.7 Å². The van der Waals surface area contributed by atoms with Crippen LogP contribution in [-0.4, -0.2) is 0 Å². The van der Waals surface area contributed by atoms with Crippen molar-refractivity contribution >= 4 is 0 Å². The number of benzene rings is 1. The molecule has 0 aliphatic heterocycles. The van der Waals surface area contributed by atoms with Gasteiger partial charge in [-0.05, 0) is 18.9 Å². The molecule has 0 aliphatic carbocycles. The molecule has 4 nitrogen and oxygen atoms in total. The van der Waals surface area contributed by atoms with E-state index in [-0.39, 0.29) is 11.3 Å². The van der Waals surface area contributed by atoms with Gasteiger partial charge in [0.1, 0.15) is 17.7 Å². The van der Waals surface area contributed by atoms with E-state index in [0.717, 1.165) is 11.1 Å². The van der Waals surface area contributed by atoms with Gasteiger partial charge in [-0.3, -0.25) is 0 Å². The second-order valence-corrected chi connectivity index (χ2v) is 3.93. The van der Waals surface area contributed by atoms with Gasteiger partial charge in [-0.25, -0.2) is 0 Å². The van der Waals surface area contributed by atoms with Crippen molar-refractivity contribution in [2.24, 2.45) is 11.7 Å². The summed E-state index contributed by atoms with van der Waals surface area (Å²) in [6, 6.07) is 13.1. The van der Waals surface area contributed by atoms with E-state index in [1.165, 1.54) is 0 Å². The average molecular weight is 236 g/mol. The second kappa shape index (κ2) is 6.09. The summed E-state index contributed by atoms with van der Waals surface area (Å²) in [6.07, 6.45) is 0.398. The fraction of sp³-hybridized carbons (Fsp3) is 0.214.